The summed E-state index contributed by atoms with van der Waals surface area (Å²) >= 11 is 0. The zero-order valence-corrected chi connectivity index (χ0v) is 8.29. The largest absolute Gasteiger partial charge is 0.393 e. The van der Waals surface area contributed by atoms with Gasteiger partial charge in [-0.05, 0) is 26.2 Å². The van der Waals surface area contributed by atoms with Gasteiger partial charge in [0, 0.05) is 18.0 Å². The van der Waals surface area contributed by atoms with Gasteiger partial charge >= 0.3 is 0 Å². The Morgan fingerprint density at radius 2 is 2.38 bits per heavy atom. The Hall–Kier alpha value is -0.340. The quantitative estimate of drug-likeness (QED) is 0.600. The van der Waals surface area contributed by atoms with E-state index in [1.807, 2.05) is 6.92 Å². The number of hydrogen-bond donors (Lipinski definition) is 2. The van der Waals surface area contributed by atoms with Gasteiger partial charge in [0.25, 0.3) is 0 Å². The maximum Gasteiger partial charge on any atom is 0.0558 e. The van der Waals surface area contributed by atoms with Gasteiger partial charge in [0.1, 0.15) is 0 Å². The summed E-state index contributed by atoms with van der Waals surface area (Å²) in [7, 11) is 0. The van der Waals surface area contributed by atoms with Gasteiger partial charge in [0.05, 0.1) is 6.10 Å². The molecule has 2 rings (SSSR count). The Kier molecular flexibility index (Phi) is 2.43. The first-order valence-electron chi connectivity index (χ1n) is 5.33. The van der Waals surface area contributed by atoms with Crippen molar-refractivity contribution in [2.75, 3.05) is 6.54 Å². The van der Waals surface area contributed by atoms with Crippen LogP contribution in [0.4, 0.5) is 0 Å². The zero-order valence-electron chi connectivity index (χ0n) is 8.29. The van der Waals surface area contributed by atoms with E-state index in [4.69, 9.17) is 0 Å². The molecular weight excluding hydrogens is 162 g/mol. The lowest BCUT2D eigenvalue weighted by Gasteiger charge is -2.39. The second-order valence-corrected chi connectivity index (χ2v) is 4.45. The monoisotopic (exact) mass is 181 g/mol. The lowest BCUT2D eigenvalue weighted by atomic mass is 9.79. The summed E-state index contributed by atoms with van der Waals surface area (Å²) in [5, 5.41) is 13.3. The summed E-state index contributed by atoms with van der Waals surface area (Å²) < 4.78 is 0. The minimum Gasteiger partial charge on any atom is -0.393 e. The second kappa shape index (κ2) is 3.43. The fraction of sp³-hybridized carbons (Fsp3) is 0.818. The summed E-state index contributed by atoms with van der Waals surface area (Å²) in [5.41, 5.74) is 0.225. The highest BCUT2D eigenvalue weighted by molar-refractivity contribution is 5.10. The first kappa shape index (κ1) is 9.22. The number of aliphatic hydroxyl groups excluding tert-OH is 1. The molecule has 74 valence electrons. The van der Waals surface area contributed by atoms with Gasteiger partial charge in [0.15, 0.2) is 0 Å². The molecular formula is C11H19NO. The maximum atomic E-state index is 9.71. The smallest absolute Gasteiger partial charge is 0.0558 e. The maximum absolute atomic E-state index is 9.71. The van der Waals surface area contributed by atoms with Crippen LogP contribution < -0.4 is 5.32 Å². The molecule has 13 heavy (non-hydrogen) atoms. The molecule has 1 spiro atoms. The van der Waals surface area contributed by atoms with Crippen molar-refractivity contribution in [3.63, 3.8) is 0 Å². The van der Waals surface area contributed by atoms with Gasteiger partial charge in [-0.15, -0.1) is 0 Å². The molecule has 3 atom stereocenters. The lowest BCUT2D eigenvalue weighted by Crippen LogP contribution is -2.52. The van der Waals surface area contributed by atoms with Crippen molar-refractivity contribution >= 4 is 0 Å². The van der Waals surface area contributed by atoms with Gasteiger partial charge in [-0.2, -0.15) is 0 Å². The summed E-state index contributed by atoms with van der Waals surface area (Å²) in [6.45, 7) is 2.90. The van der Waals surface area contributed by atoms with Crippen LogP contribution in [0.25, 0.3) is 0 Å². The molecule has 1 fully saturated rings. The predicted molar refractivity (Wildman–Crippen MR) is 53.5 cm³/mol. The summed E-state index contributed by atoms with van der Waals surface area (Å²) in [5.74, 6) is 0.456. The van der Waals surface area contributed by atoms with E-state index < -0.39 is 0 Å². The van der Waals surface area contributed by atoms with Crippen LogP contribution in [0.15, 0.2) is 12.2 Å². The topological polar surface area (TPSA) is 32.3 Å². The lowest BCUT2D eigenvalue weighted by molar-refractivity contribution is 0.0734. The molecule has 0 amide bonds. The summed E-state index contributed by atoms with van der Waals surface area (Å²) in [6.07, 6.45) is 9.05. The molecule has 0 bridgehead atoms. The van der Waals surface area contributed by atoms with Crippen LogP contribution in [-0.4, -0.2) is 23.3 Å². The van der Waals surface area contributed by atoms with Crippen molar-refractivity contribution in [2.45, 2.75) is 44.2 Å². The summed E-state index contributed by atoms with van der Waals surface area (Å²) in [4.78, 5) is 0. The molecule has 0 aromatic heterocycles. The number of nitrogens with one attached hydrogen (secondary N) is 1. The van der Waals surface area contributed by atoms with Crippen LogP contribution in [0, 0.1) is 5.92 Å². The Morgan fingerprint density at radius 3 is 3.00 bits per heavy atom. The molecule has 2 aliphatic rings. The standard InChI is InChI=1S/C11H19NO/c1-9(13)10-5-4-7-11(10)6-2-3-8-12-11/h2-3,9-10,12-13H,4-8H2,1H3. The molecule has 2 N–H and O–H groups in total. The van der Waals surface area contributed by atoms with Crippen molar-refractivity contribution in [3.05, 3.63) is 12.2 Å². The van der Waals surface area contributed by atoms with E-state index in [0.717, 1.165) is 13.0 Å². The van der Waals surface area contributed by atoms with Crippen molar-refractivity contribution in [2.24, 2.45) is 5.92 Å². The van der Waals surface area contributed by atoms with Crippen LogP contribution in [0.5, 0.6) is 0 Å². The first-order chi connectivity index (χ1) is 6.25. The first-order valence-corrected chi connectivity index (χ1v) is 5.33. The molecule has 3 unspecified atom stereocenters. The van der Waals surface area contributed by atoms with Gasteiger partial charge in [-0.3, -0.25) is 0 Å². The highest BCUT2D eigenvalue weighted by Gasteiger charge is 2.44. The molecule has 0 aromatic rings. The third-order valence-corrected chi connectivity index (χ3v) is 3.65. The number of rotatable bonds is 1. The van der Waals surface area contributed by atoms with Gasteiger partial charge in [0.2, 0.25) is 0 Å². The fourth-order valence-electron chi connectivity index (χ4n) is 2.99. The average molecular weight is 181 g/mol. The van der Waals surface area contributed by atoms with E-state index >= 15 is 0 Å². The van der Waals surface area contributed by atoms with Crippen LogP contribution in [0.2, 0.25) is 0 Å². The SMILES string of the molecule is CC(O)C1CCCC12CC=CCN2. The molecule has 0 saturated heterocycles. The van der Waals surface area contributed by atoms with E-state index in [2.05, 4.69) is 17.5 Å². The van der Waals surface area contributed by atoms with Crippen LogP contribution in [-0.2, 0) is 0 Å². The second-order valence-electron chi connectivity index (χ2n) is 4.45. The van der Waals surface area contributed by atoms with E-state index in [9.17, 15) is 5.11 Å². The average Bonchev–Trinajstić information content (AvgIpc) is 2.50. The summed E-state index contributed by atoms with van der Waals surface area (Å²) in [6, 6.07) is 0. The normalized spacial score (nSPS) is 41.2. The molecule has 2 nitrogen and oxygen atoms in total. The minimum absolute atomic E-state index is 0.165. The van der Waals surface area contributed by atoms with Crippen molar-refractivity contribution in [1.82, 2.24) is 5.32 Å². The Bertz CT molecular complexity index is 212. The van der Waals surface area contributed by atoms with E-state index in [1.54, 1.807) is 0 Å². The molecule has 1 aliphatic carbocycles. The van der Waals surface area contributed by atoms with Crippen molar-refractivity contribution in [1.29, 1.82) is 0 Å². The van der Waals surface area contributed by atoms with Crippen LogP contribution in [0.3, 0.4) is 0 Å². The van der Waals surface area contributed by atoms with E-state index in [0.29, 0.717) is 5.92 Å². The van der Waals surface area contributed by atoms with E-state index in [1.165, 1.54) is 19.3 Å². The van der Waals surface area contributed by atoms with E-state index in [-0.39, 0.29) is 11.6 Å². The van der Waals surface area contributed by atoms with Crippen molar-refractivity contribution in [3.8, 4) is 0 Å². The molecule has 1 aliphatic heterocycles. The Morgan fingerprint density at radius 1 is 1.54 bits per heavy atom. The molecule has 0 radical (unpaired) electrons. The van der Waals surface area contributed by atoms with Gasteiger partial charge < -0.3 is 10.4 Å². The van der Waals surface area contributed by atoms with Crippen LogP contribution >= 0.6 is 0 Å². The highest BCUT2D eigenvalue weighted by Crippen LogP contribution is 2.41. The highest BCUT2D eigenvalue weighted by atomic mass is 16.3. The Balaban J connectivity index is 2.15. The zero-order chi connectivity index (χ0) is 9.31. The molecule has 2 heteroatoms. The van der Waals surface area contributed by atoms with Crippen LogP contribution in [0.1, 0.15) is 32.6 Å². The fourth-order valence-corrected chi connectivity index (χ4v) is 2.99. The Labute approximate surface area is 80.0 Å². The van der Waals surface area contributed by atoms with Gasteiger partial charge in [-0.1, -0.05) is 18.6 Å². The predicted octanol–water partition coefficient (Wildman–Crippen LogP) is 1.46. The number of aliphatic hydroxyl groups is 1. The van der Waals surface area contributed by atoms with Crippen molar-refractivity contribution < 1.29 is 5.11 Å². The third kappa shape index (κ3) is 1.53. The minimum atomic E-state index is -0.165. The molecule has 0 aromatic carbocycles. The molecule has 1 heterocycles. The third-order valence-electron chi connectivity index (χ3n) is 3.65. The number of hydrogen-bond acceptors (Lipinski definition) is 2. The van der Waals surface area contributed by atoms with Gasteiger partial charge in [-0.25, -0.2) is 0 Å². The molecule has 1 saturated carbocycles.